The molecule has 0 radical (unpaired) electrons. The number of nitrogens with one attached hydrogen (secondary N) is 1. The summed E-state index contributed by atoms with van der Waals surface area (Å²) in [6, 6.07) is 17.9. The molecule has 0 spiro atoms. The third-order valence-corrected chi connectivity index (χ3v) is 5.82. The number of thiophene rings is 1. The maximum absolute atomic E-state index is 13.3. The second-order valence-electron chi connectivity index (χ2n) is 7.06. The fourth-order valence-electron chi connectivity index (χ4n) is 3.20. The van der Waals surface area contributed by atoms with Gasteiger partial charge in [-0.15, -0.1) is 11.3 Å². The highest BCUT2D eigenvalue weighted by Crippen LogP contribution is 2.27. The lowest BCUT2D eigenvalue weighted by atomic mass is 10.0. The number of rotatable bonds is 6. The monoisotopic (exact) mass is 378 g/mol. The van der Waals surface area contributed by atoms with Crippen molar-refractivity contribution >= 4 is 22.9 Å². The van der Waals surface area contributed by atoms with Gasteiger partial charge in [-0.1, -0.05) is 42.5 Å². The Labute approximate surface area is 165 Å². The predicted molar refractivity (Wildman–Crippen MR) is 114 cm³/mol. The number of benzene rings is 2. The Kier molecular flexibility index (Phi) is 6.09. The van der Waals surface area contributed by atoms with Gasteiger partial charge in [-0.3, -0.25) is 9.69 Å². The molecule has 140 valence electrons. The molecule has 2 aromatic carbocycles. The van der Waals surface area contributed by atoms with Crippen molar-refractivity contribution in [2.75, 3.05) is 12.4 Å². The number of anilines is 1. The Morgan fingerprint density at radius 1 is 1.04 bits per heavy atom. The third-order valence-electron chi connectivity index (χ3n) is 4.82. The first kappa shape index (κ1) is 19.3. The highest BCUT2D eigenvalue weighted by atomic mass is 32.1. The van der Waals surface area contributed by atoms with E-state index in [1.807, 2.05) is 63.4 Å². The number of hydrogen-bond donors (Lipinski definition) is 1. The quantitative estimate of drug-likeness (QED) is 0.615. The molecule has 1 amide bonds. The van der Waals surface area contributed by atoms with Crippen molar-refractivity contribution in [3.63, 3.8) is 0 Å². The molecule has 0 bridgehead atoms. The molecule has 3 aromatic rings. The van der Waals surface area contributed by atoms with Crippen LogP contribution in [-0.2, 0) is 11.3 Å². The molecule has 0 saturated heterocycles. The Morgan fingerprint density at radius 2 is 1.78 bits per heavy atom. The highest BCUT2D eigenvalue weighted by Gasteiger charge is 2.26. The van der Waals surface area contributed by atoms with E-state index in [9.17, 15) is 4.79 Å². The molecule has 4 heteroatoms. The minimum Gasteiger partial charge on any atom is -0.324 e. The molecular formula is C23H26N2OS. The Balaban J connectivity index is 1.88. The first-order chi connectivity index (χ1) is 13.0. The summed E-state index contributed by atoms with van der Waals surface area (Å²) >= 11 is 1.74. The average molecular weight is 379 g/mol. The fourth-order valence-corrected chi connectivity index (χ4v) is 4.17. The van der Waals surface area contributed by atoms with Gasteiger partial charge in [-0.2, -0.15) is 0 Å². The SMILES string of the molecule is Cc1ccc(C)c(NC(=O)[C@@H](c2ccccc2)N(C)Cc2sccc2C)c1. The molecule has 0 aliphatic carbocycles. The van der Waals surface area contributed by atoms with Gasteiger partial charge in [0.1, 0.15) is 6.04 Å². The van der Waals surface area contributed by atoms with Crippen LogP contribution in [0.25, 0.3) is 0 Å². The van der Waals surface area contributed by atoms with Crippen LogP contribution in [-0.4, -0.2) is 17.9 Å². The van der Waals surface area contributed by atoms with Gasteiger partial charge >= 0.3 is 0 Å². The van der Waals surface area contributed by atoms with Crippen LogP contribution in [0.15, 0.2) is 60.0 Å². The van der Waals surface area contributed by atoms with Crippen LogP contribution in [0.3, 0.4) is 0 Å². The fraction of sp³-hybridized carbons (Fsp3) is 0.261. The molecule has 0 saturated carbocycles. The van der Waals surface area contributed by atoms with E-state index in [4.69, 9.17) is 0 Å². The molecule has 1 atom stereocenters. The number of carbonyl (C=O) groups excluding carboxylic acids is 1. The van der Waals surface area contributed by atoms with Gasteiger partial charge in [0.05, 0.1) is 0 Å². The summed E-state index contributed by atoms with van der Waals surface area (Å²) in [5.74, 6) is -0.00777. The van der Waals surface area contributed by atoms with Crippen molar-refractivity contribution in [2.24, 2.45) is 0 Å². The van der Waals surface area contributed by atoms with Crippen LogP contribution in [0.1, 0.15) is 33.2 Å². The maximum Gasteiger partial charge on any atom is 0.246 e. The standard InChI is InChI=1S/C23H26N2OS/c1-16-10-11-17(2)20(14-16)24-23(26)22(19-8-6-5-7-9-19)25(4)15-21-18(3)12-13-27-21/h5-14,22H,15H2,1-4H3,(H,24,26)/t22-/m1/s1. The van der Waals surface area contributed by atoms with Gasteiger partial charge in [-0.25, -0.2) is 0 Å². The molecule has 0 fully saturated rings. The Bertz CT molecular complexity index is 917. The molecule has 3 nitrogen and oxygen atoms in total. The van der Waals surface area contributed by atoms with E-state index < -0.39 is 0 Å². The molecule has 1 N–H and O–H groups in total. The van der Waals surface area contributed by atoms with Gasteiger partial charge in [0, 0.05) is 17.1 Å². The van der Waals surface area contributed by atoms with Crippen LogP contribution < -0.4 is 5.32 Å². The van der Waals surface area contributed by atoms with Crippen molar-refractivity contribution in [1.82, 2.24) is 4.90 Å². The maximum atomic E-state index is 13.3. The minimum atomic E-state index is -0.354. The van der Waals surface area contributed by atoms with E-state index in [2.05, 4.69) is 34.7 Å². The molecule has 0 aliphatic heterocycles. The lowest BCUT2D eigenvalue weighted by Gasteiger charge is -2.28. The predicted octanol–water partition coefficient (Wildman–Crippen LogP) is 5.49. The van der Waals surface area contributed by atoms with E-state index in [0.29, 0.717) is 0 Å². The van der Waals surface area contributed by atoms with Gasteiger partial charge in [0.25, 0.3) is 0 Å². The van der Waals surface area contributed by atoms with Crippen LogP contribution in [0.2, 0.25) is 0 Å². The number of likely N-dealkylation sites (N-methyl/N-ethyl adjacent to an activating group) is 1. The molecule has 1 heterocycles. The lowest BCUT2D eigenvalue weighted by molar-refractivity contribution is -0.121. The first-order valence-electron chi connectivity index (χ1n) is 9.12. The summed E-state index contributed by atoms with van der Waals surface area (Å²) in [4.78, 5) is 16.7. The van der Waals surface area contributed by atoms with Crippen molar-refractivity contribution in [1.29, 1.82) is 0 Å². The summed E-state index contributed by atoms with van der Waals surface area (Å²) in [7, 11) is 2.01. The summed E-state index contributed by atoms with van der Waals surface area (Å²) in [5.41, 5.74) is 5.35. The topological polar surface area (TPSA) is 32.3 Å². The molecule has 3 rings (SSSR count). The van der Waals surface area contributed by atoms with Gasteiger partial charge < -0.3 is 5.32 Å². The van der Waals surface area contributed by atoms with Crippen LogP contribution in [0, 0.1) is 20.8 Å². The van der Waals surface area contributed by atoms with E-state index in [1.54, 1.807) is 11.3 Å². The Hall–Kier alpha value is -2.43. The lowest BCUT2D eigenvalue weighted by Crippen LogP contribution is -2.34. The summed E-state index contributed by atoms with van der Waals surface area (Å²) in [6.45, 7) is 6.91. The highest BCUT2D eigenvalue weighted by molar-refractivity contribution is 7.10. The second kappa shape index (κ2) is 8.51. The molecule has 27 heavy (non-hydrogen) atoms. The zero-order valence-corrected chi connectivity index (χ0v) is 17.1. The van der Waals surface area contributed by atoms with Crippen LogP contribution >= 0.6 is 11.3 Å². The van der Waals surface area contributed by atoms with Gasteiger partial charge in [0.15, 0.2) is 0 Å². The van der Waals surface area contributed by atoms with Crippen molar-refractivity contribution in [3.8, 4) is 0 Å². The first-order valence-corrected chi connectivity index (χ1v) is 10.00. The van der Waals surface area contributed by atoms with E-state index in [-0.39, 0.29) is 11.9 Å². The van der Waals surface area contributed by atoms with E-state index >= 15 is 0 Å². The Morgan fingerprint density at radius 3 is 2.44 bits per heavy atom. The minimum absolute atomic E-state index is 0.00777. The summed E-state index contributed by atoms with van der Waals surface area (Å²) < 4.78 is 0. The zero-order valence-electron chi connectivity index (χ0n) is 16.3. The largest absolute Gasteiger partial charge is 0.324 e. The van der Waals surface area contributed by atoms with Gasteiger partial charge in [0.2, 0.25) is 5.91 Å². The van der Waals surface area contributed by atoms with Crippen molar-refractivity contribution < 1.29 is 4.79 Å². The van der Waals surface area contributed by atoms with Gasteiger partial charge in [-0.05, 0) is 67.6 Å². The third kappa shape index (κ3) is 4.65. The molecule has 0 unspecified atom stereocenters. The number of hydrogen-bond acceptors (Lipinski definition) is 3. The smallest absolute Gasteiger partial charge is 0.246 e. The van der Waals surface area contributed by atoms with Crippen LogP contribution in [0.4, 0.5) is 5.69 Å². The second-order valence-corrected chi connectivity index (χ2v) is 8.06. The molecule has 1 aromatic heterocycles. The van der Waals surface area contributed by atoms with Crippen molar-refractivity contribution in [3.05, 3.63) is 87.1 Å². The van der Waals surface area contributed by atoms with Crippen LogP contribution in [0.5, 0.6) is 0 Å². The number of amides is 1. The molecular weight excluding hydrogens is 352 g/mol. The van der Waals surface area contributed by atoms with E-state index in [0.717, 1.165) is 28.9 Å². The number of carbonyl (C=O) groups is 1. The summed E-state index contributed by atoms with van der Waals surface area (Å²) in [6.07, 6.45) is 0. The normalized spacial score (nSPS) is 12.2. The molecule has 0 aliphatic rings. The van der Waals surface area contributed by atoms with E-state index in [1.165, 1.54) is 10.4 Å². The summed E-state index contributed by atoms with van der Waals surface area (Å²) in [5, 5.41) is 5.25. The number of aryl methyl sites for hydroxylation is 3. The van der Waals surface area contributed by atoms with Crippen molar-refractivity contribution in [2.45, 2.75) is 33.4 Å². The zero-order chi connectivity index (χ0) is 19.4. The average Bonchev–Trinajstić information content (AvgIpc) is 3.04. The number of nitrogens with zero attached hydrogens (tertiary/aromatic N) is 1.